The third kappa shape index (κ3) is 13.9. The molecule has 302 valence electrons. The summed E-state index contributed by atoms with van der Waals surface area (Å²) >= 11 is 3.49. The van der Waals surface area contributed by atoms with Gasteiger partial charge in [-0.15, -0.1) is 0 Å². The van der Waals surface area contributed by atoms with E-state index in [1.165, 1.54) is 38.5 Å². The Kier molecular flexibility index (Phi) is 18.3. The van der Waals surface area contributed by atoms with E-state index < -0.39 is 61.2 Å². The van der Waals surface area contributed by atoms with E-state index in [0.717, 1.165) is 24.6 Å². The van der Waals surface area contributed by atoms with Crippen LogP contribution in [0.4, 0.5) is 0 Å². The molecule has 4 aromatic carbocycles. The van der Waals surface area contributed by atoms with Crippen LogP contribution in [-0.2, 0) is 28.4 Å². The number of hydrogen-bond acceptors (Lipinski definition) is 10. The Morgan fingerprint density at radius 2 is 0.825 bits per heavy atom. The van der Waals surface area contributed by atoms with E-state index in [-0.39, 0.29) is 23.3 Å². The molecular weight excluding hydrogens is 792 g/mol. The Morgan fingerprint density at radius 1 is 0.456 bits per heavy atom. The molecule has 0 radical (unpaired) electrons. The summed E-state index contributed by atoms with van der Waals surface area (Å²) in [4.78, 5) is 54.3. The van der Waals surface area contributed by atoms with Crippen LogP contribution in [0.5, 0.6) is 0 Å². The zero-order chi connectivity index (χ0) is 40.1. The zero-order valence-electron chi connectivity index (χ0n) is 32.1. The Bertz CT molecular complexity index is 1790. The predicted octanol–water partition coefficient (Wildman–Crippen LogP) is 9.56. The third-order valence-electron chi connectivity index (χ3n) is 9.55. The summed E-state index contributed by atoms with van der Waals surface area (Å²) in [5.41, 5.74) is 0.977. The fourth-order valence-electron chi connectivity index (χ4n) is 6.47. The van der Waals surface area contributed by atoms with Gasteiger partial charge in [-0.25, -0.2) is 19.2 Å². The van der Waals surface area contributed by atoms with Gasteiger partial charge in [0, 0.05) is 11.9 Å². The van der Waals surface area contributed by atoms with Gasteiger partial charge < -0.3 is 28.4 Å². The second-order valence-corrected chi connectivity index (χ2v) is 14.6. The van der Waals surface area contributed by atoms with Crippen LogP contribution in [0.15, 0.2) is 121 Å². The summed E-state index contributed by atoms with van der Waals surface area (Å²) in [6.07, 6.45) is 4.38. The number of carbonyl (C=O) groups excluding carboxylic acids is 4. The maximum atomic E-state index is 13.8. The lowest BCUT2D eigenvalue weighted by molar-refractivity contribution is -0.298. The number of unbranched alkanes of at least 4 members (excludes halogenated alkanes) is 9. The van der Waals surface area contributed by atoms with Gasteiger partial charge in [0.15, 0.2) is 24.6 Å². The molecule has 1 fully saturated rings. The van der Waals surface area contributed by atoms with Crippen molar-refractivity contribution in [1.29, 1.82) is 0 Å². The Hall–Kier alpha value is -4.84. The highest BCUT2D eigenvalue weighted by atomic mass is 79.9. The minimum Gasteiger partial charge on any atom is -0.459 e. The predicted molar refractivity (Wildman–Crippen MR) is 218 cm³/mol. The standard InChI is InChI=1S/C46H51BrO10/c47-31-21-7-5-3-1-2-4-6-8-22-32-52-46-41(57-45(51)37-29-19-12-20-30-37)40(56-44(50)36-27-17-11-18-28-36)39(55-43(49)35-25-15-10-16-26-35)38(54-46)33-53-42(48)34-23-13-9-14-24-34/h9-20,23-30,38-41,46H,1-8,21-22,31-33H2/t38-,39-,40+,41-,46-/m1/s1. The average Bonchev–Trinajstić information content (AvgIpc) is 3.26. The molecule has 0 aliphatic carbocycles. The number of carbonyl (C=O) groups is 4. The summed E-state index contributed by atoms with van der Waals surface area (Å²) in [6, 6.07) is 33.3. The number of esters is 4. The van der Waals surface area contributed by atoms with Crippen LogP contribution in [0.3, 0.4) is 0 Å². The number of benzene rings is 4. The SMILES string of the molecule is O=C(OC[C@H]1O[C@@H](OCCCCCCCCCCCCBr)[C@H](OC(=O)c2ccccc2)[C@@H](OC(=O)c2ccccc2)[C@@H]1OC(=O)c1ccccc1)c1ccccc1. The quantitative estimate of drug-likeness (QED) is 0.0327. The summed E-state index contributed by atoms with van der Waals surface area (Å²) in [5.74, 6) is -2.88. The highest BCUT2D eigenvalue weighted by Gasteiger charge is 2.53. The molecule has 0 unspecified atom stereocenters. The number of halogens is 1. The number of rotatable bonds is 22. The molecule has 11 heteroatoms. The van der Waals surface area contributed by atoms with E-state index in [2.05, 4.69) is 15.9 Å². The molecule has 0 N–H and O–H groups in total. The van der Waals surface area contributed by atoms with Crippen LogP contribution in [0, 0.1) is 0 Å². The van der Waals surface area contributed by atoms with Crippen LogP contribution >= 0.6 is 15.9 Å². The van der Waals surface area contributed by atoms with Crippen LogP contribution in [0.1, 0.15) is 106 Å². The average molecular weight is 844 g/mol. The van der Waals surface area contributed by atoms with E-state index in [9.17, 15) is 19.2 Å². The molecule has 0 saturated carbocycles. The van der Waals surface area contributed by atoms with E-state index in [4.69, 9.17) is 28.4 Å². The van der Waals surface area contributed by atoms with Crippen LogP contribution in [-0.4, -0.2) is 73.1 Å². The largest absolute Gasteiger partial charge is 0.459 e. The minimum atomic E-state index is -1.45. The lowest BCUT2D eigenvalue weighted by atomic mass is 9.97. The molecule has 0 amide bonds. The molecule has 10 nitrogen and oxygen atoms in total. The first kappa shape index (κ1) is 43.3. The second kappa shape index (κ2) is 24.0. The molecular formula is C46H51BrO10. The van der Waals surface area contributed by atoms with Crippen LogP contribution in [0.2, 0.25) is 0 Å². The molecule has 5 atom stereocenters. The van der Waals surface area contributed by atoms with Gasteiger partial charge in [0.05, 0.1) is 22.3 Å². The molecule has 1 saturated heterocycles. The number of ether oxygens (including phenoxy) is 6. The number of hydrogen-bond donors (Lipinski definition) is 0. The molecule has 1 aliphatic rings. The maximum Gasteiger partial charge on any atom is 0.338 e. The van der Waals surface area contributed by atoms with Crippen molar-refractivity contribution < 1.29 is 47.6 Å². The molecule has 57 heavy (non-hydrogen) atoms. The molecule has 0 aromatic heterocycles. The van der Waals surface area contributed by atoms with Gasteiger partial charge in [0.2, 0.25) is 0 Å². The minimum absolute atomic E-state index is 0.216. The summed E-state index contributed by atoms with van der Waals surface area (Å²) in [7, 11) is 0. The van der Waals surface area contributed by atoms with Crippen molar-refractivity contribution in [2.75, 3.05) is 18.5 Å². The van der Waals surface area contributed by atoms with E-state index in [1.54, 1.807) is 121 Å². The van der Waals surface area contributed by atoms with Gasteiger partial charge in [0.25, 0.3) is 0 Å². The van der Waals surface area contributed by atoms with Crippen molar-refractivity contribution in [2.45, 2.75) is 94.9 Å². The first-order valence-corrected chi connectivity index (χ1v) is 20.9. The Balaban J connectivity index is 1.40. The zero-order valence-corrected chi connectivity index (χ0v) is 33.7. The molecule has 4 aromatic rings. The van der Waals surface area contributed by atoms with Gasteiger partial charge in [0.1, 0.15) is 12.7 Å². The molecule has 1 heterocycles. The molecule has 5 rings (SSSR count). The highest BCUT2D eigenvalue weighted by Crippen LogP contribution is 2.32. The van der Waals surface area contributed by atoms with E-state index in [1.807, 2.05) is 0 Å². The normalized spacial score (nSPS) is 18.9. The van der Waals surface area contributed by atoms with Crippen molar-refractivity contribution in [2.24, 2.45) is 0 Å². The monoisotopic (exact) mass is 842 g/mol. The van der Waals surface area contributed by atoms with E-state index in [0.29, 0.717) is 12.0 Å². The van der Waals surface area contributed by atoms with Crippen molar-refractivity contribution in [3.8, 4) is 0 Å². The Morgan fingerprint density at radius 3 is 1.26 bits per heavy atom. The highest BCUT2D eigenvalue weighted by molar-refractivity contribution is 9.09. The molecule has 0 spiro atoms. The first-order valence-electron chi connectivity index (χ1n) is 19.8. The lowest BCUT2D eigenvalue weighted by Crippen LogP contribution is -2.63. The van der Waals surface area contributed by atoms with Crippen molar-refractivity contribution in [3.05, 3.63) is 144 Å². The molecule has 1 aliphatic heterocycles. The summed E-state index contributed by atoms with van der Waals surface area (Å²) in [5, 5.41) is 1.06. The van der Waals surface area contributed by atoms with Gasteiger partial charge in [-0.1, -0.05) is 140 Å². The fraction of sp³-hybridized carbons (Fsp3) is 0.391. The van der Waals surface area contributed by atoms with Crippen LogP contribution in [0.25, 0.3) is 0 Å². The van der Waals surface area contributed by atoms with Crippen molar-refractivity contribution in [3.63, 3.8) is 0 Å². The van der Waals surface area contributed by atoms with Crippen molar-refractivity contribution >= 4 is 39.8 Å². The maximum absolute atomic E-state index is 13.8. The third-order valence-corrected chi connectivity index (χ3v) is 10.1. The lowest BCUT2D eigenvalue weighted by Gasteiger charge is -2.44. The van der Waals surface area contributed by atoms with Crippen LogP contribution < -0.4 is 0 Å². The fourth-order valence-corrected chi connectivity index (χ4v) is 6.87. The number of alkyl halides is 1. The second-order valence-electron chi connectivity index (χ2n) is 13.8. The Labute approximate surface area is 343 Å². The summed E-state index contributed by atoms with van der Waals surface area (Å²) in [6.45, 7) is -0.171. The first-order chi connectivity index (χ1) is 27.9. The van der Waals surface area contributed by atoms with Gasteiger partial charge in [-0.2, -0.15) is 0 Å². The van der Waals surface area contributed by atoms with E-state index >= 15 is 0 Å². The topological polar surface area (TPSA) is 124 Å². The van der Waals surface area contributed by atoms with Gasteiger partial charge in [-0.3, -0.25) is 0 Å². The van der Waals surface area contributed by atoms with Gasteiger partial charge >= 0.3 is 23.9 Å². The summed E-state index contributed by atoms with van der Waals surface area (Å²) < 4.78 is 36.8. The van der Waals surface area contributed by atoms with Gasteiger partial charge in [-0.05, 0) is 61.4 Å². The molecule has 0 bridgehead atoms. The smallest absolute Gasteiger partial charge is 0.338 e. The van der Waals surface area contributed by atoms with Crippen molar-refractivity contribution in [1.82, 2.24) is 0 Å².